The molecule has 1 fully saturated rings. The Hall–Kier alpha value is -0.940. The van der Waals surface area contributed by atoms with Gasteiger partial charge in [-0.2, -0.15) is 0 Å². The van der Waals surface area contributed by atoms with Crippen LogP contribution in [-0.4, -0.2) is 36.5 Å². The number of hydrogen-bond acceptors (Lipinski definition) is 2. The van der Waals surface area contributed by atoms with Crippen LogP contribution in [-0.2, 0) is 11.2 Å². The van der Waals surface area contributed by atoms with Gasteiger partial charge in [0.05, 0.1) is 6.42 Å². The van der Waals surface area contributed by atoms with Crippen LogP contribution in [0.4, 0.5) is 4.39 Å². The molecule has 3 nitrogen and oxygen atoms in total. The smallest absolute Gasteiger partial charge is 0.224 e. The monoisotopic (exact) mass is 342 g/mol. The summed E-state index contributed by atoms with van der Waals surface area (Å²) in [6.45, 7) is 3.14. The van der Waals surface area contributed by atoms with Gasteiger partial charge >= 0.3 is 0 Å². The minimum atomic E-state index is -0.333. The Balaban J connectivity index is 1.91. The van der Waals surface area contributed by atoms with E-state index in [4.69, 9.17) is 0 Å². The molecule has 0 bridgehead atoms. The Morgan fingerprint density at radius 3 is 3.00 bits per heavy atom. The minimum absolute atomic E-state index is 0.0893. The summed E-state index contributed by atoms with van der Waals surface area (Å²) >= 11 is 3.30. The number of likely N-dealkylation sites (tertiary alicyclic amines) is 1. The van der Waals surface area contributed by atoms with Gasteiger partial charge in [0, 0.05) is 23.1 Å². The lowest BCUT2D eigenvalue weighted by atomic mass is 9.98. The zero-order valence-electron chi connectivity index (χ0n) is 11.8. The lowest BCUT2D eigenvalue weighted by Gasteiger charge is -2.35. The van der Waals surface area contributed by atoms with Crippen LogP contribution in [0.15, 0.2) is 22.7 Å². The highest BCUT2D eigenvalue weighted by molar-refractivity contribution is 9.10. The number of carbonyl (C=O) groups is 1. The van der Waals surface area contributed by atoms with Gasteiger partial charge in [0.1, 0.15) is 5.82 Å². The van der Waals surface area contributed by atoms with Crippen molar-refractivity contribution in [1.82, 2.24) is 10.2 Å². The van der Waals surface area contributed by atoms with E-state index in [1.54, 1.807) is 12.1 Å². The van der Waals surface area contributed by atoms with Gasteiger partial charge in [0.25, 0.3) is 0 Å². The SMILES string of the molecule is C[C@@H]1C[C@@H](NC(=O)Cc2cc(Br)ccc2F)CCN1C. The Kier molecular flexibility index (Phi) is 5.16. The van der Waals surface area contributed by atoms with E-state index in [0.29, 0.717) is 11.6 Å². The van der Waals surface area contributed by atoms with E-state index in [9.17, 15) is 9.18 Å². The summed E-state index contributed by atoms with van der Waals surface area (Å²) in [7, 11) is 2.10. The standard InChI is InChI=1S/C15H20BrFN2O/c1-10-7-13(5-6-19(10)2)18-15(20)9-11-8-12(16)3-4-14(11)17/h3-4,8,10,13H,5-7,9H2,1-2H3,(H,18,20)/t10-,13+/m1/s1. The third-order valence-corrected chi connectivity index (χ3v) is 4.43. The highest BCUT2D eigenvalue weighted by Crippen LogP contribution is 2.18. The largest absolute Gasteiger partial charge is 0.353 e. The second-order valence-corrected chi connectivity index (χ2v) is 6.45. The summed E-state index contributed by atoms with van der Waals surface area (Å²) in [6, 6.07) is 5.34. The highest BCUT2D eigenvalue weighted by atomic mass is 79.9. The molecule has 0 radical (unpaired) electrons. The Labute approximate surface area is 127 Å². The number of rotatable bonds is 3. The molecular formula is C15H20BrFN2O. The van der Waals surface area contributed by atoms with Crippen molar-refractivity contribution in [3.8, 4) is 0 Å². The lowest BCUT2D eigenvalue weighted by molar-refractivity contribution is -0.121. The number of hydrogen-bond donors (Lipinski definition) is 1. The normalized spacial score (nSPS) is 23.6. The van der Waals surface area contributed by atoms with Gasteiger partial charge in [-0.1, -0.05) is 15.9 Å². The van der Waals surface area contributed by atoms with Gasteiger partial charge in [-0.3, -0.25) is 4.79 Å². The van der Waals surface area contributed by atoms with Crippen LogP contribution < -0.4 is 5.32 Å². The topological polar surface area (TPSA) is 32.3 Å². The molecule has 0 aliphatic carbocycles. The average Bonchev–Trinajstić information content (AvgIpc) is 2.38. The molecule has 1 amide bonds. The van der Waals surface area contributed by atoms with Crippen LogP contribution in [0, 0.1) is 5.82 Å². The van der Waals surface area contributed by atoms with E-state index in [1.165, 1.54) is 6.07 Å². The summed E-state index contributed by atoms with van der Waals surface area (Å²) in [5.41, 5.74) is 0.429. The van der Waals surface area contributed by atoms with Crippen molar-refractivity contribution in [3.05, 3.63) is 34.1 Å². The molecular weight excluding hydrogens is 323 g/mol. The number of halogens is 2. The summed E-state index contributed by atoms with van der Waals surface area (Å²) in [6.07, 6.45) is 1.99. The van der Waals surface area contributed by atoms with Crippen molar-refractivity contribution >= 4 is 21.8 Å². The van der Waals surface area contributed by atoms with E-state index < -0.39 is 0 Å². The summed E-state index contributed by atoms with van der Waals surface area (Å²) in [4.78, 5) is 14.3. The summed E-state index contributed by atoms with van der Waals surface area (Å²) in [5.74, 6) is -0.441. The molecule has 0 saturated carbocycles. The predicted octanol–water partition coefficient (Wildman–Crippen LogP) is 2.73. The molecule has 1 saturated heterocycles. The van der Waals surface area contributed by atoms with Crippen molar-refractivity contribution in [2.45, 2.75) is 38.3 Å². The number of benzene rings is 1. The van der Waals surface area contributed by atoms with Gasteiger partial charge in [0.15, 0.2) is 0 Å². The predicted molar refractivity (Wildman–Crippen MR) is 81.1 cm³/mol. The molecule has 0 unspecified atom stereocenters. The van der Waals surface area contributed by atoms with Crippen LogP contribution in [0.25, 0.3) is 0 Å². The Morgan fingerprint density at radius 1 is 1.55 bits per heavy atom. The molecule has 1 aliphatic heterocycles. The van der Waals surface area contributed by atoms with Crippen LogP contribution in [0.3, 0.4) is 0 Å². The molecule has 1 heterocycles. The molecule has 0 aromatic heterocycles. The Morgan fingerprint density at radius 2 is 2.30 bits per heavy atom. The first kappa shape index (κ1) is 15.4. The summed E-state index contributed by atoms with van der Waals surface area (Å²) in [5, 5.41) is 3.02. The second kappa shape index (κ2) is 6.68. The molecule has 1 aromatic rings. The van der Waals surface area contributed by atoms with Gasteiger partial charge < -0.3 is 10.2 Å². The number of nitrogens with one attached hydrogen (secondary N) is 1. The first-order valence-electron chi connectivity index (χ1n) is 6.89. The number of amides is 1. The zero-order chi connectivity index (χ0) is 14.7. The maximum absolute atomic E-state index is 13.6. The number of piperidine rings is 1. The van der Waals surface area contributed by atoms with E-state index in [-0.39, 0.29) is 24.2 Å². The van der Waals surface area contributed by atoms with Crippen molar-refractivity contribution < 1.29 is 9.18 Å². The molecule has 1 aromatic carbocycles. The van der Waals surface area contributed by atoms with Gasteiger partial charge in [0.2, 0.25) is 5.91 Å². The van der Waals surface area contributed by atoms with Crippen LogP contribution >= 0.6 is 15.9 Å². The van der Waals surface area contributed by atoms with Gasteiger partial charge in [-0.05, 0) is 50.6 Å². The quantitative estimate of drug-likeness (QED) is 0.915. The van der Waals surface area contributed by atoms with E-state index in [1.807, 2.05) is 0 Å². The molecule has 2 rings (SSSR count). The van der Waals surface area contributed by atoms with Crippen molar-refractivity contribution in [1.29, 1.82) is 0 Å². The third kappa shape index (κ3) is 4.03. The van der Waals surface area contributed by atoms with Crippen LogP contribution in [0.1, 0.15) is 25.3 Å². The fourth-order valence-corrected chi connectivity index (χ4v) is 2.96. The molecule has 2 atom stereocenters. The number of nitrogens with zero attached hydrogens (tertiary/aromatic N) is 1. The van der Waals surface area contributed by atoms with Crippen LogP contribution in [0.5, 0.6) is 0 Å². The molecule has 20 heavy (non-hydrogen) atoms. The first-order chi connectivity index (χ1) is 9.45. The van der Waals surface area contributed by atoms with E-state index in [0.717, 1.165) is 23.9 Å². The van der Waals surface area contributed by atoms with Crippen molar-refractivity contribution in [2.75, 3.05) is 13.6 Å². The maximum Gasteiger partial charge on any atom is 0.224 e. The van der Waals surface area contributed by atoms with Crippen molar-refractivity contribution in [3.63, 3.8) is 0 Å². The maximum atomic E-state index is 13.6. The minimum Gasteiger partial charge on any atom is -0.353 e. The molecule has 0 spiro atoms. The van der Waals surface area contributed by atoms with E-state index >= 15 is 0 Å². The fraction of sp³-hybridized carbons (Fsp3) is 0.533. The van der Waals surface area contributed by atoms with Crippen molar-refractivity contribution in [2.24, 2.45) is 0 Å². The highest BCUT2D eigenvalue weighted by Gasteiger charge is 2.24. The molecule has 1 aliphatic rings. The first-order valence-corrected chi connectivity index (χ1v) is 7.68. The summed E-state index contributed by atoms with van der Waals surface area (Å²) < 4.78 is 14.4. The van der Waals surface area contributed by atoms with Crippen LogP contribution in [0.2, 0.25) is 0 Å². The Bertz CT molecular complexity index is 495. The zero-order valence-corrected chi connectivity index (χ0v) is 13.4. The van der Waals surface area contributed by atoms with Gasteiger partial charge in [-0.15, -0.1) is 0 Å². The molecule has 110 valence electrons. The second-order valence-electron chi connectivity index (χ2n) is 5.53. The average molecular weight is 343 g/mol. The van der Waals surface area contributed by atoms with Gasteiger partial charge in [-0.25, -0.2) is 4.39 Å². The van der Waals surface area contributed by atoms with E-state index in [2.05, 4.69) is 40.1 Å². The molecule has 5 heteroatoms. The number of carbonyl (C=O) groups excluding carboxylic acids is 1. The molecule has 1 N–H and O–H groups in total. The third-order valence-electron chi connectivity index (χ3n) is 3.93. The lowest BCUT2D eigenvalue weighted by Crippen LogP contribution is -2.47. The fourth-order valence-electron chi connectivity index (χ4n) is 2.55.